The molecule has 0 atom stereocenters. The maximum absolute atomic E-state index is 11.9. The summed E-state index contributed by atoms with van der Waals surface area (Å²) in [5.74, 6) is 1.32. The van der Waals surface area contributed by atoms with Gasteiger partial charge >= 0.3 is 0 Å². The highest BCUT2D eigenvalue weighted by Gasteiger charge is 2.04. The lowest BCUT2D eigenvalue weighted by Gasteiger charge is -2.11. The molecule has 0 bridgehead atoms. The second-order valence-electron chi connectivity index (χ2n) is 5.52. The topological polar surface area (TPSA) is 59.9 Å². The molecule has 2 aromatic rings. The Morgan fingerprint density at radius 2 is 1.88 bits per heavy atom. The summed E-state index contributed by atoms with van der Waals surface area (Å²) in [6.45, 7) is 3.93. The number of amides is 1. The van der Waals surface area contributed by atoms with E-state index in [0.717, 1.165) is 22.6 Å². The SMILES string of the molecule is COc1ccc(CC(=O)NN=Cc2ccccc2OC(C)C)cc1. The number of nitrogens with one attached hydrogen (secondary N) is 1. The molecular weight excluding hydrogens is 304 g/mol. The van der Waals surface area contributed by atoms with Crippen molar-refractivity contribution < 1.29 is 14.3 Å². The summed E-state index contributed by atoms with van der Waals surface area (Å²) in [6.07, 6.45) is 1.92. The molecule has 0 heterocycles. The number of carbonyl (C=O) groups excluding carboxylic acids is 1. The minimum atomic E-state index is -0.182. The predicted octanol–water partition coefficient (Wildman–Crippen LogP) is 3.18. The van der Waals surface area contributed by atoms with E-state index >= 15 is 0 Å². The van der Waals surface area contributed by atoms with Crippen molar-refractivity contribution in [3.63, 3.8) is 0 Å². The average Bonchev–Trinajstić information content (AvgIpc) is 2.56. The Morgan fingerprint density at radius 3 is 2.54 bits per heavy atom. The van der Waals surface area contributed by atoms with Crippen LogP contribution in [0.5, 0.6) is 11.5 Å². The molecule has 0 aliphatic rings. The first-order valence-corrected chi connectivity index (χ1v) is 7.79. The van der Waals surface area contributed by atoms with E-state index in [0.29, 0.717) is 0 Å². The van der Waals surface area contributed by atoms with Gasteiger partial charge in [-0.05, 0) is 43.7 Å². The van der Waals surface area contributed by atoms with Crippen LogP contribution in [0.4, 0.5) is 0 Å². The molecule has 1 N–H and O–H groups in total. The number of hydrogen-bond donors (Lipinski definition) is 1. The molecule has 0 aliphatic heterocycles. The fourth-order valence-electron chi connectivity index (χ4n) is 2.09. The standard InChI is InChI=1S/C19H22N2O3/c1-14(2)24-18-7-5-4-6-16(18)13-20-21-19(22)12-15-8-10-17(23-3)11-9-15/h4-11,13-14H,12H2,1-3H3,(H,21,22). The van der Waals surface area contributed by atoms with Gasteiger partial charge in [0.2, 0.25) is 5.91 Å². The molecule has 0 unspecified atom stereocenters. The highest BCUT2D eigenvalue weighted by atomic mass is 16.5. The van der Waals surface area contributed by atoms with Gasteiger partial charge in [0.15, 0.2) is 0 Å². The number of hydrazone groups is 1. The highest BCUT2D eigenvalue weighted by Crippen LogP contribution is 2.17. The number of para-hydroxylation sites is 1. The van der Waals surface area contributed by atoms with Crippen LogP contribution in [0.1, 0.15) is 25.0 Å². The molecule has 0 saturated carbocycles. The molecule has 126 valence electrons. The van der Waals surface area contributed by atoms with Gasteiger partial charge in [-0.2, -0.15) is 5.10 Å². The Kier molecular flexibility index (Phi) is 6.37. The molecule has 0 aromatic heterocycles. The predicted molar refractivity (Wildman–Crippen MR) is 94.6 cm³/mol. The van der Waals surface area contributed by atoms with E-state index in [1.165, 1.54) is 0 Å². The monoisotopic (exact) mass is 326 g/mol. The Balaban J connectivity index is 1.92. The molecule has 2 aromatic carbocycles. The van der Waals surface area contributed by atoms with Crippen LogP contribution in [-0.2, 0) is 11.2 Å². The second-order valence-corrected chi connectivity index (χ2v) is 5.52. The van der Waals surface area contributed by atoms with Crippen LogP contribution in [0.25, 0.3) is 0 Å². The molecular formula is C19H22N2O3. The Bertz CT molecular complexity index is 694. The van der Waals surface area contributed by atoms with Crippen LogP contribution in [-0.4, -0.2) is 25.3 Å². The van der Waals surface area contributed by atoms with Gasteiger partial charge in [0.1, 0.15) is 11.5 Å². The maximum atomic E-state index is 11.9. The van der Waals surface area contributed by atoms with Crippen molar-refractivity contribution in [2.24, 2.45) is 5.10 Å². The van der Waals surface area contributed by atoms with E-state index in [1.807, 2.05) is 62.4 Å². The zero-order chi connectivity index (χ0) is 17.4. The van der Waals surface area contributed by atoms with Gasteiger partial charge in [-0.15, -0.1) is 0 Å². The third-order valence-corrected chi connectivity index (χ3v) is 3.20. The van der Waals surface area contributed by atoms with Gasteiger partial charge in [0.25, 0.3) is 0 Å². The van der Waals surface area contributed by atoms with Crippen molar-refractivity contribution in [1.82, 2.24) is 5.43 Å². The molecule has 24 heavy (non-hydrogen) atoms. The van der Waals surface area contributed by atoms with Gasteiger partial charge in [-0.1, -0.05) is 24.3 Å². The minimum absolute atomic E-state index is 0.0733. The van der Waals surface area contributed by atoms with Crippen molar-refractivity contribution in [2.75, 3.05) is 7.11 Å². The molecule has 2 rings (SSSR count). The summed E-state index contributed by atoms with van der Waals surface area (Å²) >= 11 is 0. The lowest BCUT2D eigenvalue weighted by molar-refractivity contribution is -0.120. The number of nitrogens with zero attached hydrogens (tertiary/aromatic N) is 1. The van der Waals surface area contributed by atoms with Crippen LogP contribution in [0.2, 0.25) is 0 Å². The van der Waals surface area contributed by atoms with Gasteiger partial charge < -0.3 is 9.47 Å². The maximum Gasteiger partial charge on any atom is 0.244 e. The number of benzene rings is 2. The highest BCUT2D eigenvalue weighted by molar-refractivity contribution is 5.85. The molecule has 0 spiro atoms. The smallest absolute Gasteiger partial charge is 0.244 e. The van der Waals surface area contributed by atoms with E-state index in [-0.39, 0.29) is 18.4 Å². The summed E-state index contributed by atoms with van der Waals surface area (Å²) in [5.41, 5.74) is 4.24. The number of carbonyl (C=O) groups is 1. The van der Waals surface area contributed by atoms with Crippen LogP contribution < -0.4 is 14.9 Å². The third-order valence-electron chi connectivity index (χ3n) is 3.20. The zero-order valence-electron chi connectivity index (χ0n) is 14.2. The number of methoxy groups -OCH3 is 1. The van der Waals surface area contributed by atoms with Crippen molar-refractivity contribution in [2.45, 2.75) is 26.4 Å². The van der Waals surface area contributed by atoms with Gasteiger partial charge in [-0.3, -0.25) is 4.79 Å². The summed E-state index contributed by atoms with van der Waals surface area (Å²) in [4.78, 5) is 11.9. The van der Waals surface area contributed by atoms with Crippen molar-refractivity contribution in [3.05, 3.63) is 59.7 Å². The van der Waals surface area contributed by atoms with Crippen LogP contribution in [0.3, 0.4) is 0 Å². The zero-order valence-corrected chi connectivity index (χ0v) is 14.2. The first-order valence-electron chi connectivity index (χ1n) is 7.79. The summed E-state index contributed by atoms with van der Waals surface area (Å²) in [5, 5.41) is 4.01. The molecule has 5 heteroatoms. The van der Waals surface area contributed by atoms with Gasteiger partial charge in [0.05, 0.1) is 25.8 Å². The van der Waals surface area contributed by atoms with Gasteiger partial charge in [-0.25, -0.2) is 5.43 Å². The molecule has 0 aliphatic carbocycles. The fraction of sp³-hybridized carbons (Fsp3) is 0.263. The Hall–Kier alpha value is -2.82. The normalized spacial score (nSPS) is 10.8. The number of ether oxygens (including phenoxy) is 2. The van der Waals surface area contributed by atoms with Gasteiger partial charge in [0, 0.05) is 5.56 Å². The molecule has 0 saturated heterocycles. The summed E-state index contributed by atoms with van der Waals surface area (Å²) in [7, 11) is 1.61. The van der Waals surface area contributed by atoms with E-state index in [9.17, 15) is 4.79 Å². The Morgan fingerprint density at radius 1 is 1.17 bits per heavy atom. The third kappa shape index (κ3) is 5.43. The largest absolute Gasteiger partial charge is 0.497 e. The summed E-state index contributed by atoms with van der Waals surface area (Å²) in [6, 6.07) is 14.9. The van der Waals surface area contributed by atoms with E-state index in [2.05, 4.69) is 10.5 Å². The lowest BCUT2D eigenvalue weighted by atomic mass is 10.1. The van der Waals surface area contributed by atoms with E-state index in [4.69, 9.17) is 9.47 Å². The quantitative estimate of drug-likeness (QED) is 0.628. The van der Waals surface area contributed by atoms with Crippen molar-refractivity contribution in [3.8, 4) is 11.5 Å². The molecule has 0 fully saturated rings. The van der Waals surface area contributed by atoms with Crippen molar-refractivity contribution in [1.29, 1.82) is 0 Å². The number of hydrogen-bond acceptors (Lipinski definition) is 4. The summed E-state index contributed by atoms with van der Waals surface area (Å²) < 4.78 is 10.8. The Labute approximate surface area is 142 Å². The first kappa shape index (κ1) is 17.5. The van der Waals surface area contributed by atoms with E-state index in [1.54, 1.807) is 13.3 Å². The molecule has 1 amide bonds. The lowest BCUT2D eigenvalue weighted by Crippen LogP contribution is -2.19. The minimum Gasteiger partial charge on any atom is -0.497 e. The fourth-order valence-corrected chi connectivity index (χ4v) is 2.09. The first-order chi connectivity index (χ1) is 11.6. The van der Waals surface area contributed by atoms with Crippen molar-refractivity contribution >= 4 is 12.1 Å². The van der Waals surface area contributed by atoms with Crippen LogP contribution in [0.15, 0.2) is 53.6 Å². The molecule has 5 nitrogen and oxygen atoms in total. The van der Waals surface area contributed by atoms with Crippen LogP contribution >= 0.6 is 0 Å². The number of rotatable bonds is 7. The average molecular weight is 326 g/mol. The van der Waals surface area contributed by atoms with E-state index < -0.39 is 0 Å². The van der Waals surface area contributed by atoms with Crippen LogP contribution in [0, 0.1) is 0 Å². The second kappa shape index (κ2) is 8.72. The molecule has 0 radical (unpaired) electrons.